The van der Waals surface area contributed by atoms with Crippen molar-refractivity contribution in [2.45, 2.75) is 25.1 Å². The normalized spacial score (nSPS) is 12.6. The van der Waals surface area contributed by atoms with E-state index in [0.29, 0.717) is 11.4 Å². The van der Waals surface area contributed by atoms with E-state index in [9.17, 15) is 4.79 Å². The van der Waals surface area contributed by atoms with Crippen LogP contribution in [0.5, 0.6) is 0 Å². The van der Waals surface area contributed by atoms with E-state index < -0.39 is 5.38 Å². The van der Waals surface area contributed by atoms with Crippen molar-refractivity contribution in [1.82, 2.24) is 0 Å². The van der Waals surface area contributed by atoms with Gasteiger partial charge in [-0.3, -0.25) is 4.79 Å². The second kappa shape index (κ2) is 4.81. The molecule has 1 aromatic rings. The molecule has 0 aliphatic heterocycles. The van der Waals surface area contributed by atoms with Crippen LogP contribution in [0.4, 0.5) is 0 Å². The molecule has 0 N–H and O–H groups in total. The van der Waals surface area contributed by atoms with Gasteiger partial charge in [0.05, 0.1) is 5.38 Å². The SMILES string of the molecule is Cc1cc(CCl)cc(C(=O)C(C)Cl)c1. The zero-order valence-corrected chi connectivity index (χ0v) is 9.69. The monoisotopic (exact) mass is 230 g/mol. The summed E-state index contributed by atoms with van der Waals surface area (Å²) in [7, 11) is 0. The molecule has 0 bridgehead atoms. The van der Waals surface area contributed by atoms with Crippen LogP contribution in [-0.2, 0) is 5.88 Å². The van der Waals surface area contributed by atoms with Crippen molar-refractivity contribution in [2.24, 2.45) is 0 Å². The van der Waals surface area contributed by atoms with Crippen molar-refractivity contribution in [2.75, 3.05) is 0 Å². The topological polar surface area (TPSA) is 17.1 Å². The van der Waals surface area contributed by atoms with Gasteiger partial charge in [0.2, 0.25) is 0 Å². The quantitative estimate of drug-likeness (QED) is 0.574. The largest absolute Gasteiger partial charge is 0.293 e. The Morgan fingerprint density at radius 1 is 1.43 bits per heavy atom. The Balaban J connectivity index is 3.09. The second-order valence-electron chi connectivity index (χ2n) is 3.32. The van der Waals surface area contributed by atoms with Gasteiger partial charge in [0.25, 0.3) is 0 Å². The summed E-state index contributed by atoms with van der Waals surface area (Å²) in [6, 6.07) is 5.58. The molecule has 3 heteroatoms. The zero-order valence-electron chi connectivity index (χ0n) is 8.18. The molecule has 0 fully saturated rings. The standard InChI is InChI=1S/C11H12Cl2O/c1-7-3-9(6-12)5-10(4-7)11(14)8(2)13/h3-5,8H,6H2,1-2H3. The van der Waals surface area contributed by atoms with E-state index >= 15 is 0 Å². The molecule has 0 aliphatic rings. The minimum Gasteiger partial charge on any atom is -0.293 e. The van der Waals surface area contributed by atoms with Gasteiger partial charge in [-0.1, -0.05) is 11.6 Å². The molecule has 0 amide bonds. The molecule has 1 unspecified atom stereocenters. The summed E-state index contributed by atoms with van der Waals surface area (Å²) in [4.78, 5) is 11.6. The third-order valence-corrected chi connectivity index (χ3v) is 2.44. The summed E-state index contributed by atoms with van der Waals surface area (Å²) in [5.41, 5.74) is 2.62. The number of hydrogen-bond donors (Lipinski definition) is 0. The zero-order chi connectivity index (χ0) is 10.7. The maximum absolute atomic E-state index is 11.6. The molecule has 0 aliphatic carbocycles. The van der Waals surface area contributed by atoms with E-state index in [-0.39, 0.29) is 5.78 Å². The molecule has 0 spiro atoms. The van der Waals surface area contributed by atoms with Crippen molar-refractivity contribution < 1.29 is 4.79 Å². The average molecular weight is 231 g/mol. The summed E-state index contributed by atoms with van der Waals surface area (Å²) < 4.78 is 0. The summed E-state index contributed by atoms with van der Waals surface area (Å²) in [5.74, 6) is 0.361. The van der Waals surface area contributed by atoms with Gasteiger partial charge in [-0.2, -0.15) is 0 Å². The lowest BCUT2D eigenvalue weighted by atomic mass is 10.0. The number of alkyl halides is 2. The van der Waals surface area contributed by atoms with Crippen molar-refractivity contribution >= 4 is 29.0 Å². The summed E-state index contributed by atoms with van der Waals surface area (Å²) in [5, 5.41) is -0.486. The highest BCUT2D eigenvalue weighted by Crippen LogP contribution is 2.15. The van der Waals surface area contributed by atoms with E-state index in [0.717, 1.165) is 11.1 Å². The van der Waals surface area contributed by atoms with Crippen molar-refractivity contribution in [3.05, 3.63) is 34.9 Å². The minimum atomic E-state index is -0.486. The highest BCUT2D eigenvalue weighted by molar-refractivity contribution is 6.33. The van der Waals surface area contributed by atoms with Gasteiger partial charge in [-0.05, 0) is 31.5 Å². The number of aryl methyl sites for hydroxylation is 1. The Kier molecular flexibility index (Phi) is 3.97. The second-order valence-corrected chi connectivity index (χ2v) is 4.24. The van der Waals surface area contributed by atoms with Gasteiger partial charge in [0, 0.05) is 11.4 Å². The number of ketones is 1. The molecule has 0 saturated carbocycles. The predicted molar refractivity (Wildman–Crippen MR) is 60.4 cm³/mol. The lowest BCUT2D eigenvalue weighted by Crippen LogP contribution is -2.10. The third-order valence-electron chi connectivity index (χ3n) is 1.94. The first kappa shape index (κ1) is 11.5. The average Bonchev–Trinajstić information content (AvgIpc) is 2.15. The van der Waals surface area contributed by atoms with E-state index in [1.54, 1.807) is 13.0 Å². The molecule has 0 aromatic heterocycles. The summed E-state index contributed by atoms with van der Waals surface area (Å²) in [6.45, 7) is 3.61. The molecule has 0 saturated heterocycles. The highest BCUT2D eigenvalue weighted by Gasteiger charge is 2.12. The lowest BCUT2D eigenvalue weighted by molar-refractivity contribution is 0.0991. The van der Waals surface area contributed by atoms with Crippen molar-refractivity contribution in [3.63, 3.8) is 0 Å². The van der Waals surface area contributed by atoms with Gasteiger partial charge in [0.1, 0.15) is 0 Å². The first-order valence-electron chi connectivity index (χ1n) is 4.39. The molecular formula is C11H12Cl2O. The Morgan fingerprint density at radius 2 is 2.07 bits per heavy atom. The van der Waals surface area contributed by atoms with Crippen LogP contribution in [-0.4, -0.2) is 11.2 Å². The van der Waals surface area contributed by atoms with Gasteiger partial charge in [0.15, 0.2) is 5.78 Å². The van der Waals surface area contributed by atoms with E-state index in [2.05, 4.69) is 0 Å². The minimum absolute atomic E-state index is 0.0540. The maximum Gasteiger partial charge on any atom is 0.180 e. The fourth-order valence-corrected chi connectivity index (χ4v) is 1.59. The Morgan fingerprint density at radius 3 is 2.57 bits per heavy atom. The van der Waals surface area contributed by atoms with Crippen LogP contribution in [0.1, 0.15) is 28.4 Å². The van der Waals surface area contributed by atoms with Crippen LogP contribution in [0.15, 0.2) is 18.2 Å². The van der Waals surface area contributed by atoms with Crippen LogP contribution >= 0.6 is 23.2 Å². The third kappa shape index (κ3) is 2.73. The van der Waals surface area contributed by atoms with Crippen molar-refractivity contribution in [3.8, 4) is 0 Å². The fraction of sp³-hybridized carbons (Fsp3) is 0.364. The first-order chi connectivity index (χ1) is 6.54. The number of carbonyl (C=O) groups is 1. The van der Waals surface area contributed by atoms with Crippen LogP contribution in [0.2, 0.25) is 0 Å². The molecule has 0 radical (unpaired) electrons. The maximum atomic E-state index is 11.6. The van der Waals surface area contributed by atoms with Gasteiger partial charge in [-0.25, -0.2) is 0 Å². The summed E-state index contributed by atoms with van der Waals surface area (Å²) >= 11 is 11.4. The van der Waals surface area contributed by atoms with Gasteiger partial charge in [-0.15, -0.1) is 23.2 Å². The molecule has 1 atom stereocenters. The van der Waals surface area contributed by atoms with Crippen LogP contribution < -0.4 is 0 Å². The molecule has 14 heavy (non-hydrogen) atoms. The Hall–Kier alpha value is -0.530. The lowest BCUT2D eigenvalue weighted by Gasteiger charge is -2.06. The number of benzene rings is 1. The highest BCUT2D eigenvalue weighted by atomic mass is 35.5. The van der Waals surface area contributed by atoms with Gasteiger partial charge >= 0.3 is 0 Å². The number of halogens is 2. The molecule has 1 rings (SSSR count). The number of hydrogen-bond acceptors (Lipinski definition) is 1. The van der Waals surface area contributed by atoms with E-state index in [1.807, 2.05) is 19.1 Å². The fourth-order valence-electron chi connectivity index (χ4n) is 1.31. The number of Topliss-reactive ketones (excluding diaryl/α,β-unsaturated/α-hetero) is 1. The molecule has 1 nitrogen and oxygen atoms in total. The van der Waals surface area contributed by atoms with E-state index in [1.165, 1.54) is 0 Å². The first-order valence-corrected chi connectivity index (χ1v) is 5.36. The van der Waals surface area contributed by atoms with E-state index in [4.69, 9.17) is 23.2 Å². The van der Waals surface area contributed by atoms with Gasteiger partial charge < -0.3 is 0 Å². The molecule has 0 heterocycles. The Bertz CT molecular complexity index is 345. The van der Waals surface area contributed by atoms with Crippen molar-refractivity contribution in [1.29, 1.82) is 0 Å². The summed E-state index contributed by atoms with van der Waals surface area (Å²) in [6.07, 6.45) is 0. The molecular weight excluding hydrogens is 219 g/mol. The van der Waals surface area contributed by atoms with Crippen LogP contribution in [0.3, 0.4) is 0 Å². The van der Waals surface area contributed by atoms with Crippen LogP contribution in [0.25, 0.3) is 0 Å². The van der Waals surface area contributed by atoms with Crippen LogP contribution in [0, 0.1) is 6.92 Å². The Labute approximate surface area is 94.0 Å². The number of rotatable bonds is 3. The number of carbonyl (C=O) groups excluding carboxylic acids is 1. The molecule has 1 aromatic carbocycles. The smallest absolute Gasteiger partial charge is 0.180 e. The molecule has 76 valence electrons. The predicted octanol–water partition coefficient (Wildman–Crippen LogP) is 3.54.